The lowest BCUT2D eigenvalue weighted by molar-refractivity contribution is -0.143. The fourth-order valence-electron chi connectivity index (χ4n) is 2.16. The summed E-state index contributed by atoms with van der Waals surface area (Å²) in [6.45, 7) is 0.997. The molecule has 2 rings (SSSR count). The average molecular weight is 391 g/mol. The smallest absolute Gasteiger partial charge is 0.306 e. The fourth-order valence-corrected chi connectivity index (χ4v) is 3.38. The van der Waals surface area contributed by atoms with Crippen LogP contribution in [-0.2, 0) is 4.79 Å². The van der Waals surface area contributed by atoms with Crippen molar-refractivity contribution < 1.29 is 14.7 Å². The molecule has 1 aromatic carbocycles. The van der Waals surface area contributed by atoms with Crippen molar-refractivity contribution in [1.29, 1.82) is 0 Å². The number of amides is 1. The molecule has 0 saturated carbocycles. The molecular weight excluding hydrogens is 378 g/mol. The monoisotopic (exact) mass is 389 g/mol. The van der Waals surface area contributed by atoms with Crippen LogP contribution in [0.4, 0.5) is 0 Å². The van der Waals surface area contributed by atoms with Crippen LogP contribution in [0.5, 0.6) is 0 Å². The van der Waals surface area contributed by atoms with Crippen LogP contribution in [0.15, 0.2) is 27.1 Å². The second kappa shape index (κ2) is 6.05. The van der Waals surface area contributed by atoms with Crippen molar-refractivity contribution in [1.82, 2.24) is 4.90 Å². The van der Waals surface area contributed by atoms with Crippen LogP contribution in [0.1, 0.15) is 23.2 Å². The van der Waals surface area contributed by atoms with E-state index in [9.17, 15) is 9.59 Å². The molecular formula is C13H13Br2NO3. The average Bonchev–Trinajstić information content (AvgIpc) is 2.38. The highest BCUT2D eigenvalue weighted by atomic mass is 79.9. The topological polar surface area (TPSA) is 57.6 Å². The summed E-state index contributed by atoms with van der Waals surface area (Å²) < 4.78 is 1.65. The molecule has 1 heterocycles. The zero-order valence-corrected chi connectivity index (χ0v) is 13.3. The van der Waals surface area contributed by atoms with Crippen LogP contribution in [0, 0.1) is 5.92 Å². The van der Waals surface area contributed by atoms with Crippen LogP contribution in [0.2, 0.25) is 0 Å². The molecule has 1 aromatic rings. The minimum Gasteiger partial charge on any atom is -0.481 e. The highest BCUT2D eigenvalue weighted by molar-refractivity contribution is 9.11. The molecule has 1 aliphatic rings. The molecule has 1 aliphatic heterocycles. The van der Waals surface area contributed by atoms with Crippen LogP contribution < -0.4 is 0 Å². The zero-order chi connectivity index (χ0) is 14.0. The fraction of sp³-hybridized carbons (Fsp3) is 0.385. The van der Waals surface area contributed by atoms with Gasteiger partial charge in [-0.05, 0) is 47.0 Å². The van der Waals surface area contributed by atoms with E-state index < -0.39 is 5.97 Å². The molecule has 0 unspecified atom stereocenters. The Hall–Kier alpha value is -0.880. The first kappa shape index (κ1) is 14.5. The molecule has 6 heteroatoms. The molecule has 1 saturated heterocycles. The van der Waals surface area contributed by atoms with Crippen LogP contribution in [-0.4, -0.2) is 35.0 Å². The Morgan fingerprint density at radius 1 is 1.21 bits per heavy atom. The summed E-state index contributed by atoms with van der Waals surface area (Å²) in [7, 11) is 0. The van der Waals surface area contributed by atoms with Gasteiger partial charge in [-0.1, -0.05) is 15.9 Å². The van der Waals surface area contributed by atoms with Gasteiger partial charge in [0.05, 0.1) is 11.5 Å². The number of hydrogen-bond acceptors (Lipinski definition) is 2. The molecule has 0 radical (unpaired) electrons. The number of hydrogen-bond donors (Lipinski definition) is 1. The van der Waals surface area contributed by atoms with E-state index in [1.165, 1.54) is 0 Å². The van der Waals surface area contributed by atoms with E-state index in [0.29, 0.717) is 31.5 Å². The van der Waals surface area contributed by atoms with Crippen LogP contribution in [0.25, 0.3) is 0 Å². The summed E-state index contributed by atoms with van der Waals surface area (Å²) in [6.07, 6.45) is 1.05. The Labute approximate surface area is 128 Å². The lowest BCUT2D eigenvalue weighted by Crippen LogP contribution is -2.40. The maximum atomic E-state index is 12.3. The van der Waals surface area contributed by atoms with Crippen LogP contribution in [0.3, 0.4) is 0 Å². The Kier molecular flexibility index (Phi) is 4.62. The summed E-state index contributed by atoms with van der Waals surface area (Å²) in [6, 6.07) is 5.42. The number of carbonyl (C=O) groups excluding carboxylic acids is 1. The van der Waals surface area contributed by atoms with Crippen LogP contribution >= 0.6 is 31.9 Å². The number of nitrogens with zero attached hydrogens (tertiary/aromatic N) is 1. The molecule has 0 atom stereocenters. The molecule has 1 amide bonds. The summed E-state index contributed by atoms with van der Waals surface area (Å²) in [5, 5.41) is 8.94. The first-order valence-electron chi connectivity index (χ1n) is 5.96. The standard InChI is InChI=1S/C13H13Br2NO3/c14-9-1-2-10(11(15)7-9)12(17)16-5-3-8(4-6-16)13(18)19/h1-2,7-8H,3-6H2,(H,18,19). The van der Waals surface area contributed by atoms with Crippen molar-refractivity contribution >= 4 is 43.7 Å². The number of rotatable bonds is 2. The van der Waals surface area contributed by atoms with E-state index >= 15 is 0 Å². The molecule has 0 aliphatic carbocycles. The molecule has 0 aromatic heterocycles. The summed E-state index contributed by atoms with van der Waals surface area (Å²) in [5.41, 5.74) is 0.608. The predicted molar refractivity (Wildman–Crippen MR) is 78.1 cm³/mol. The maximum absolute atomic E-state index is 12.3. The van der Waals surface area contributed by atoms with Gasteiger partial charge in [0.2, 0.25) is 0 Å². The van der Waals surface area contributed by atoms with Gasteiger partial charge in [-0.3, -0.25) is 9.59 Å². The van der Waals surface area contributed by atoms with Gasteiger partial charge in [0.15, 0.2) is 0 Å². The second-order valence-electron chi connectivity index (χ2n) is 4.53. The van der Waals surface area contributed by atoms with Crippen molar-refractivity contribution in [2.24, 2.45) is 5.92 Å². The lowest BCUT2D eigenvalue weighted by Gasteiger charge is -2.30. The van der Waals surface area contributed by atoms with Crippen molar-refractivity contribution in [2.45, 2.75) is 12.8 Å². The molecule has 0 spiro atoms. The van der Waals surface area contributed by atoms with Gasteiger partial charge in [-0.2, -0.15) is 0 Å². The van der Waals surface area contributed by atoms with Crippen molar-refractivity contribution in [2.75, 3.05) is 13.1 Å². The van der Waals surface area contributed by atoms with Gasteiger partial charge in [-0.25, -0.2) is 0 Å². The van der Waals surface area contributed by atoms with E-state index in [0.717, 1.165) is 8.95 Å². The second-order valence-corrected chi connectivity index (χ2v) is 6.30. The molecule has 0 bridgehead atoms. The van der Waals surface area contributed by atoms with Gasteiger partial charge < -0.3 is 10.0 Å². The van der Waals surface area contributed by atoms with E-state index in [1.807, 2.05) is 12.1 Å². The molecule has 102 valence electrons. The predicted octanol–water partition coefficient (Wildman–Crippen LogP) is 3.15. The third-order valence-electron chi connectivity index (χ3n) is 3.29. The Balaban J connectivity index is 2.07. The SMILES string of the molecule is O=C(O)C1CCN(C(=O)c2ccc(Br)cc2Br)CC1. The third-order valence-corrected chi connectivity index (χ3v) is 4.44. The number of piperidine rings is 1. The number of aliphatic carboxylic acids is 1. The minimum absolute atomic E-state index is 0.0526. The maximum Gasteiger partial charge on any atom is 0.306 e. The summed E-state index contributed by atoms with van der Waals surface area (Å²) >= 11 is 6.72. The van der Waals surface area contributed by atoms with Gasteiger partial charge in [0.25, 0.3) is 5.91 Å². The number of likely N-dealkylation sites (tertiary alicyclic amines) is 1. The van der Waals surface area contributed by atoms with Crippen molar-refractivity contribution in [3.63, 3.8) is 0 Å². The van der Waals surface area contributed by atoms with E-state index in [2.05, 4.69) is 31.9 Å². The number of carboxylic acids is 1. The first-order chi connectivity index (χ1) is 8.99. The number of carboxylic acid groups (broad SMARTS) is 1. The van der Waals surface area contributed by atoms with Gasteiger partial charge in [0, 0.05) is 22.0 Å². The third kappa shape index (κ3) is 3.36. The summed E-state index contributed by atoms with van der Waals surface area (Å²) in [5.74, 6) is -1.14. The normalized spacial score (nSPS) is 16.4. The van der Waals surface area contributed by atoms with E-state index in [-0.39, 0.29) is 11.8 Å². The summed E-state index contributed by atoms with van der Waals surface area (Å²) in [4.78, 5) is 24.9. The molecule has 19 heavy (non-hydrogen) atoms. The molecule has 1 fully saturated rings. The first-order valence-corrected chi connectivity index (χ1v) is 7.55. The Morgan fingerprint density at radius 2 is 1.84 bits per heavy atom. The highest BCUT2D eigenvalue weighted by Gasteiger charge is 2.28. The van der Waals surface area contributed by atoms with E-state index in [4.69, 9.17) is 5.11 Å². The Bertz CT molecular complexity index is 511. The number of halogens is 2. The highest BCUT2D eigenvalue weighted by Crippen LogP contribution is 2.25. The minimum atomic E-state index is -0.767. The van der Waals surface area contributed by atoms with E-state index in [1.54, 1.807) is 11.0 Å². The zero-order valence-electron chi connectivity index (χ0n) is 10.1. The van der Waals surface area contributed by atoms with Crippen molar-refractivity contribution in [3.8, 4) is 0 Å². The van der Waals surface area contributed by atoms with Gasteiger partial charge >= 0.3 is 5.97 Å². The number of carbonyl (C=O) groups is 2. The lowest BCUT2D eigenvalue weighted by atomic mass is 9.96. The van der Waals surface area contributed by atoms with Crippen molar-refractivity contribution in [3.05, 3.63) is 32.7 Å². The van der Waals surface area contributed by atoms with Gasteiger partial charge in [-0.15, -0.1) is 0 Å². The van der Waals surface area contributed by atoms with Gasteiger partial charge in [0.1, 0.15) is 0 Å². The largest absolute Gasteiger partial charge is 0.481 e. The molecule has 1 N–H and O–H groups in total. The molecule has 4 nitrogen and oxygen atoms in total. The quantitative estimate of drug-likeness (QED) is 0.843. The number of benzene rings is 1. The Morgan fingerprint density at radius 3 is 2.37 bits per heavy atom.